The predicted octanol–water partition coefficient (Wildman–Crippen LogP) is 1.51. The Balaban J connectivity index is 2.26. The van der Waals surface area contributed by atoms with E-state index in [4.69, 9.17) is 15.6 Å². The Labute approximate surface area is 109 Å². The molecular formula is C12H12N4O3. The molecule has 0 fully saturated rings. The van der Waals surface area contributed by atoms with E-state index in [2.05, 4.69) is 15.3 Å². The molecule has 0 unspecified atom stereocenters. The normalized spacial score (nSPS) is 9.95. The Morgan fingerprint density at radius 1 is 1.37 bits per heavy atom. The van der Waals surface area contributed by atoms with Crippen LogP contribution in [0.3, 0.4) is 0 Å². The smallest absolute Gasteiger partial charge is 0.354 e. The van der Waals surface area contributed by atoms with Crippen LogP contribution in [0.5, 0.6) is 5.88 Å². The highest BCUT2D eigenvalue weighted by Crippen LogP contribution is 2.21. The maximum atomic E-state index is 10.8. The molecule has 0 aliphatic heterocycles. The summed E-state index contributed by atoms with van der Waals surface area (Å²) < 4.78 is 4.94. The van der Waals surface area contributed by atoms with E-state index in [0.717, 1.165) is 0 Å². The second-order valence-electron chi connectivity index (χ2n) is 3.65. The largest absolute Gasteiger partial charge is 0.481 e. The van der Waals surface area contributed by atoms with Crippen LogP contribution in [0.15, 0.2) is 30.5 Å². The predicted molar refractivity (Wildman–Crippen MR) is 69.7 cm³/mol. The average Bonchev–Trinajstić information content (AvgIpc) is 2.42. The molecule has 98 valence electrons. The number of rotatable bonds is 4. The third kappa shape index (κ3) is 2.89. The van der Waals surface area contributed by atoms with Crippen LogP contribution >= 0.6 is 0 Å². The van der Waals surface area contributed by atoms with Crippen LogP contribution < -0.4 is 15.8 Å². The Bertz CT molecular complexity index is 598. The Hall–Kier alpha value is -2.83. The van der Waals surface area contributed by atoms with Crippen molar-refractivity contribution in [3.8, 4) is 5.88 Å². The Morgan fingerprint density at radius 3 is 2.74 bits per heavy atom. The van der Waals surface area contributed by atoms with E-state index in [1.54, 1.807) is 12.1 Å². The van der Waals surface area contributed by atoms with Gasteiger partial charge in [-0.25, -0.2) is 14.8 Å². The number of hydrogen-bond donors (Lipinski definition) is 3. The van der Waals surface area contributed by atoms with Gasteiger partial charge in [0.05, 0.1) is 24.7 Å². The molecule has 0 amide bonds. The number of hydrogen-bond acceptors (Lipinski definition) is 6. The molecule has 2 rings (SSSR count). The minimum atomic E-state index is -1.11. The number of anilines is 3. The first kappa shape index (κ1) is 12.6. The topological polar surface area (TPSA) is 110 Å². The van der Waals surface area contributed by atoms with E-state index in [1.165, 1.54) is 25.4 Å². The highest BCUT2D eigenvalue weighted by Gasteiger charge is 2.09. The number of nitrogens with two attached hydrogens (primary N) is 1. The van der Waals surface area contributed by atoms with Crippen molar-refractivity contribution < 1.29 is 14.6 Å². The fraction of sp³-hybridized carbons (Fsp3) is 0.0833. The van der Waals surface area contributed by atoms with Gasteiger partial charge in [-0.15, -0.1) is 0 Å². The fourth-order valence-electron chi connectivity index (χ4n) is 1.40. The van der Waals surface area contributed by atoms with Gasteiger partial charge in [-0.1, -0.05) is 0 Å². The van der Waals surface area contributed by atoms with E-state index < -0.39 is 5.97 Å². The first-order valence-corrected chi connectivity index (χ1v) is 5.37. The van der Waals surface area contributed by atoms with Crippen LogP contribution in [-0.2, 0) is 0 Å². The zero-order valence-corrected chi connectivity index (χ0v) is 10.1. The summed E-state index contributed by atoms with van der Waals surface area (Å²) in [4.78, 5) is 18.8. The van der Waals surface area contributed by atoms with Crippen molar-refractivity contribution >= 4 is 23.2 Å². The highest BCUT2D eigenvalue weighted by molar-refractivity contribution is 5.87. The van der Waals surface area contributed by atoms with Gasteiger partial charge in [-0.2, -0.15) is 0 Å². The van der Waals surface area contributed by atoms with Crippen molar-refractivity contribution in [1.29, 1.82) is 0 Å². The number of pyridine rings is 2. The van der Waals surface area contributed by atoms with Crippen LogP contribution in [0.4, 0.5) is 17.2 Å². The number of nitrogens with one attached hydrogen (secondary N) is 1. The van der Waals surface area contributed by atoms with Gasteiger partial charge in [0, 0.05) is 6.07 Å². The molecule has 2 aromatic rings. The van der Waals surface area contributed by atoms with E-state index in [1.807, 2.05) is 0 Å². The van der Waals surface area contributed by atoms with E-state index >= 15 is 0 Å². The Morgan fingerprint density at radius 2 is 2.16 bits per heavy atom. The molecule has 7 nitrogen and oxygen atoms in total. The molecule has 0 saturated heterocycles. The van der Waals surface area contributed by atoms with Crippen molar-refractivity contribution in [2.24, 2.45) is 0 Å². The number of ether oxygens (including phenoxy) is 1. The Kier molecular flexibility index (Phi) is 3.46. The molecule has 7 heteroatoms. The zero-order valence-electron chi connectivity index (χ0n) is 10.1. The molecule has 0 spiro atoms. The van der Waals surface area contributed by atoms with Crippen LogP contribution in [0.2, 0.25) is 0 Å². The summed E-state index contributed by atoms with van der Waals surface area (Å²) in [6, 6.07) is 6.21. The zero-order chi connectivity index (χ0) is 13.8. The van der Waals surface area contributed by atoms with E-state index in [-0.39, 0.29) is 11.5 Å². The number of methoxy groups -OCH3 is 1. The summed E-state index contributed by atoms with van der Waals surface area (Å²) in [5, 5.41) is 11.8. The van der Waals surface area contributed by atoms with Crippen molar-refractivity contribution in [2.45, 2.75) is 0 Å². The number of aromatic carboxylic acids is 1. The summed E-state index contributed by atoms with van der Waals surface area (Å²) in [6.07, 6.45) is 1.54. The van der Waals surface area contributed by atoms with Crippen molar-refractivity contribution in [1.82, 2.24) is 9.97 Å². The lowest BCUT2D eigenvalue weighted by Crippen LogP contribution is -2.05. The molecule has 2 aromatic heterocycles. The lowest BCUT2D eigenvalue weighted by molar-refractivity contribution is 0.0690. The van der Waals surface area contributed by atoms with Gasteiger partial charge in [0.25, 0.3) is 0 Å². The summed E-state index contributed by atoms with van der Waals surface area (Å²) in [7, 11) is 1.52. The quantitative estimate of drug-likeness (QED) is 0.764. The second kappa shape index (κ2) is 5.21. The average molecular weight is 260 g/mol. The van der Waals surface area contributed by atoms with Gasteiger partial charge in [0.1, 0.15) is 0 Å². The third-order valence-corrected chi connectivity index (χ3v) is 2.35. The van der Waals surface area contributed by atoms with Crippen LogP contribution in [-0.4, -0.2) is 28.2 Å². The number of carboxylic acids is 1. The number of nitrogens with zero attached hydrogens (tertiary/aromatic N) is 2. The first-order valence-electron chi connectivity index (χ1n) is 5.37. The number of nitrogen functional groups attached to an aromatic ring is 1. The van der Waals surface area contributed by atoms with E-state index in [0.29, 0.717) is 17.3 Å². The standard InChI is InChI=1S/C12H12N4O3/c1-19-10-5-2-7(6-14-10)15-11-8(13)3-4-9(16-11)12(17)18/h2-6H,13H2,1H3,(H,15,16)(H,17,18). The lowest BCUT2D eigenvalue weighted by atomic mass is 10.3. The van der Waals surface area contributed by atoms with Gasteiger partial charge in [-0.05, 0) is 18.2 Å². The van der Waals surface area contributed by atoms with Crippen molar-refractivity contribution in [3.63, 3.8) is 0 Å². The van der Waals surface area contributed by atoms with Crippen LogP contribution in [0.25, 0.3) is 0 Å². The molecule has 0 aromatic carbocycles. The van der Waals surface area contributed by atoms with Gasteiger partial charge in [0.15, 0.2) is 11.5 Å². The molecule has 4 N–H and O–H groups in total. The molecule has 19 heavy (non-hydrogen) atoms. The highest BCUT2D eigenvalue weighted by atomic mass is 16.5. The lowest BCUT2D eigenvalue weighted by Gasteiger charge is -2.09. The maximum Gasteiger partial charge on any atom is 0.354 e. The second-order valence-corrected chi connectivity index (χ2v) is 3.65. The van der Waals surface area contributed by atoms with Gasteiger partial charge >= 0.3 is 5.97 Å². The fourth-order valence-corrected chi connectivity index (χ4v) is 1.40. The minimum Gasteiger partial charge on any atom is -0.481 e. The third-order valence-electron chi connectivity index (χ3n) is 2.35. The van der Waals surface area contributed by atoms with Crippen LogP contribution in [0.1, 0.15) is 10.5 Å². The van der Waals surface area contributed by atoms with Crippen molar-refractivity contribution in [2.75, 3.05) is 18.2 Å². The molecule has 0 aliphatic rings. The van der Waals surface area contributed by atoms with Crippen molar-refractivity contribution in [3.05, 3.63) is 36.2 Å². The summed E-state index contributed by atoms with van der Waals surface area (Å²) in [6.45, 7) is 0. The van der Waals surface area contributed by atoms with Gasteiger partial charge < -0.3 is 20.9 Å². The number of carbonyl (C=O) groups is 1. The van der Waals surface area contributed by atoms with Gasteiger partial charge in [-0.3, -0.25) is 0 Å². The molecule has 0 bridgehead atoms. The monoisotopic (exact) mass is 260 g/mol. The molecule has 2 heterocycles. The molecule has 0 atom stereocenters. The molecule has 0 saturated carbocycles. The number of carboxylic acid groups (broad SMARTS) is 1. The summed E-state index contributed by atoms with van der Waals surface area (Å²) in [5.41, 5.74) is 6.62. The summed E-state index contributed by atoms with van der Waals surface area (Å²) in [5.74, 6) is -0.367. The molecule has 0 radical (unpaired) electrons. The van der Waals surface area contributed by atoms with Gasteiger partial charge in [0.2, 0.25) is 5.88 Å². The maximum absolute atomic E-state index is 10.8. The first-order chi connectivity index (χ1) is 9.10. The van der Waals surface area contributed by atoms with Crippen LogP contribution in [0, 0.1) is 0 Å². The number of aromatic nitrogens is 2. The molecule has 0 aliphatic carbocycles. The summed E-state index contributed by atoms with van der Waals surface area (Å²) >= 11 is 0. The minimum absolute atomic E-state index is 0.0850. The SMILES string of the molecule is COc1ccc(Nc2nc(C(=O)O)ccc2N)cn1. The van der Waals surface area contributed by atoms with E-state index in [9.17, 15) is 4.79 Å². The molecular weight excluding hydrogens is 248 g/mol.